The number of hydrogen-bond donors (Lipinski definition) is 2. The van der Waals surface area contributed by atoms with Crippen molar-refractivity contribution < 1.29 is 14.3 Å². The first kappa shape index (κ1) is 20.7. The Morgan fingerprint density at radius 2 is 2.13 bits per heavy atom. The average Bonchev–Trinajstić information content (AvgIpc) is 3.49. The lowest BCUT2D eigenvalue weighted by atomic mass is 9.79. The van der Waals surface area contributed by atoms with Crippen molar-refractivity contribution >= 4 is 11.6 Å². The number of pyridine rings is 1. The van der Waals surface area contributed by atoms with E-state index in [1.54, 1.807) is 25.4 Å². The third-order valence-electron chi connectivity index (χ3n) is 6.16. The van der Waals surface area contributed by atoms with Crippen LogP contribution in [0.5, 0.6) is 11.6 Å². The van der Waals surface area contributed by atoms with E-state index in [9.17, 15) is 10.1 Å². The Labute approximate surface area is 181 Å². The maximum absolute atomic E-state index is 12.6. The van der Waals surface area contributed by atoms with Gasteiger partial charge in [-0.15, -0.1) is 0 Å². The molecule has 1 saturated carbocycles. The van der Waals surface area contributed by atoms with Gasteiger partial charge in [-0.3, -0.25) is 4.79 Å². The molecule has 1 fully saturated rings. The second-order valence-electron chi connectivity index (χ2n) is 8.66. The standard InChI is InChI=1S/C24H26N4O3/c1-13-11-27-23(31-12-24(3)7-8-24)20-19(18(22(26)29)14(2)28-21(13)20)16-6-5-15(10-25)9-17(16)30-4/h5-6,9,11,19,28H,7-8,12H2,1-4H3,(H2,26,29)/t19-/m1/s1. The lowest BCUT2D eigenvalue weighted by Crippen LogP contribution is -2.29. The van der Waals surface area contributed by atoms with Crippen LogP contribution in [0.25, 0.3) is 0 Å². The van der Waals surface area contributed by atoms with Crippen molar-refractivity contribution in [1.82, 2.24) is 4.98 Å². The monoisotopic (exact) mass is 418 g/mol. The quantitative estimate of drug-likeness (QED) is 0.739. The Bertz CT molecular complexity index is 1140. The van der Waals surface area contributed by atoms with Gasteiger partial charge in [-0.05, 0) is 44.4 Å². The Morgan fingerprint density at radius 1 is 1.39 bits per heavy atom. The number of nitrogens with zero attached hydrogens (tertiary/aromatic N) is 2. The first-order valence-electron chi connectivity index (χ1n) is 10.3. The van der Waals surface area contributed by atoms with Gasteiger partial charge in [-0.25, -0.2) is 4.98 Å². The third kappa shape index (κ3) is 3.70. The molecular formula is C24H26N4O3. The zero-order chi connectivity index (χ0) is 22.3. The predicted molar refractivity (Wildman–Crippen MR) is 117 cm³/mol. The first-order chi connectivity index (χ1) is 14.8. The van der Waals surface area contributed by atoms with Crippen LogP contribution in [0.3, 0.4) is 0 Å². The summed E-state index contributed by atoms with van der Waals surface area (Å²) >= 11 is 0. The number of nitrogens with one attached hydrogen (secondary N) is 1. The lowest BCUT2D eigenvalue weighted by molar-refractivity contribution is -0.114. The van der Waals surface area contributed by atoms with Gasteiger partial charge in [0, 0.05) is 28.4 Å². The van der Waals surface area contributed by atoms with E-state index >= 15 is 0 Å². The molecule has 1 aliphatic heterocycles. The number of fused-ring (bicyclic) bond motifs is 1. The number of nitriles is 1. The highest BCUT2D eigenvalue weighted by Gasteiger charge is 2.40. The molecule has 0 unspecified atom stereocenters. The van der Waals surface area contributed by atoms with Crippen molar-refractivity contribution in [3.8, 4) is 17.7 Å². The molecule has 0 bridgehead atoms. The SMILES string of the molecule is COc1cc(C#N)ccc1[C@@H]1C(C(N)=O)=C(C)Nc2c(C)cnc(OCC3(C)CC3)c21. The molecule has 1 aliphatic carbocycles. The minimum absolute atomic E-state index is 0.168. The number of carbonyl (C=O) groups is 1. The minimum Gasteiger partial charge on any atom is -0.496 e. The molecule has 1 aromatic carbocycles. The number of nitrogens with two attached hydrogens (primary N) is 1. The van der Waals surface area contributed by atoms with Gasteiger partial charge < -0.3 is 20.5 Å². The molecule has 2 aromatic rings. The molecule has 0 saturated heterocycles. The van der Waals surface area contributed by atoms with E-state index in [1.807, 2.05) is 19.9 Å². The summed E-state index contributed by atoms with van der Waals surface area (Å²) in [5.41, 5.74) is 10.8. The molecule has 2 aliphatic rings. The highest BCUT2D eigenvalue weighted by molar-refractivity contribution is 5.98. The second-order valence-corrected chi connectivity index (χ2v) is 8.66. The van der Waals surface area contributed by atoms with Crippen LogP contribution in [0.15, 0.2) is 35.7 Å². The van der Waals surface area contributed by atoms with Crippen LogP contribution >= 0.6 is 0 Å². The van der Waals surface area contributed by atoms with Gasteiger partial charge in [0.1, 0.15) is 5.75 Å². The molecule has 1 amide bonds. The van der Waals surface area contributed by atoms with Crippen molar-refractivity contribution in [3.63, 3.8) is 0 Å². The number of anilines is 1. The highest BCUT2D eigenvalue weighted by atomic mass is 16.5. The van der Waals surface area contributed by atoms with Gasteiger partial charge in [-0.1, -0.05) is 13.0 Å². The van der Waals surface area contributed by atoms with E-state index in [0.717, 1.165) is 35.2 Å². The molecule has 160 valence electrons. The molecule has 3 N–H and O–H groups in total. The summed E-state index contributed by atoms with van der Waals surface area (Å²) in [6, 6.07) is 7.31. The zero-order valence-corrected chi connectivity index (χ0v) is 18.2. The molecule has 4 rings (SSSR count). The van der Waals surface area contributed by atoms with Crippen molar-refractivity contribution in [3.05, 3.63) is 57.9 Å². The topological polar surface area (TPSA) is 110 Å². The van der Waals surface area contributed by atoms with E-state index in [4.69, 9.17) is 15.2 Å². The van der Waals surface area contributed by atoms with E-state index in [1.165, 1.54) is 0 Å². The fourth-order valence-corrected chi connectivity index (χ4v) is 4.03. The number of rotatable bonds is 6. The minimum atomic E-state index is -0.536. The number of benzene rings is 1. The summed E-state index contributed by atoms with van der Waals surface area (Å²) in [7, 11) is 1.54. The molecular weight excluding hydrogens is 392 g/mol. The fraction of sp³-hybridized carbons (Fsp3) is 0.375. The van der Waals surface area contributed by atoms with Crippen molar-refractivity contribution in [1.29, 1.82) is 5.26 Å². The van der Waals surface area contributed by atoms with Gasteiger partial charge in [-0.2, -0.15) is 5.26 Å². The van der Waals surface area contributed by atoms with E-state index in [-0.39, 0.29) is 5.41 Å². The summed E-state index contributed by atoms with van der Waals surface area (Å²) in [5.74, 6) is -0.0894. The van der Waals surface area contributed by atoms with Crippen LogP contribution in [0.2, 0.25) is 0 Å². The lowest BCUT2D eigenvalue weighted by Gasteiger charge is -2.32. The molecule has 1 atom stereocenters. The summed E-state index contributed by atoms with van der Waals surface area (Å²) in [5, 5.41) is 12.6. The molecule has 1 aromatic heterocycles. The van der Waals surface area contributed by atoms with Gasteiger partial charge in [0.25, 0.3) is 0 Å². The number of carbonyl (C=O) groups excluding carboxylic acids is 1. The van der Waals surface area contributed by atoms with Gasteiger partial charge in [0.2, 0.25) is 11.8 Å². The van der Waals surface area contributed by atoms with Crippen LogP contribution in [0, 0.1) is 23.7 Å². The number of aryl methyl sites for hydroxylation is 1. The van der Waals surface area contributed by atoms with Crippen molar-refractivity contribution in [2.24, 2.45) is 11.1 Å². The second kappa shape index (κ2) is 7.62. The smallest absolute Gasteiger partial charge is 0.247 e. The molecule has 2 heterocycles. The fourth-order valence-electron chi connectivity index (χ4n) is 4.03. The van der Waals surface area contributed by atoms with Gasteiger partial charge in [0.15, 0.2) is 0 Å². The molecule has 7 nitrogen and oxygen atoms in total. The number of primary amides is 1. The summed E-state index contributed by atoms with van der Waals surface area (Å²) < 4.78 is 11.8. The third-order valence-corrected chi connectivity index (χ3v) is 6.16. The molecule has 31 heavy (non-hydrogen) atoms. The Balaban J connectivity index is 1.94. The highest BCUT2D eigenvalue weighted by Crippen LogP contribution is 2.50. The van der Waals surface area contributed by atoms with Gasteiger partial charge >= 0.3 is 0 Å². The average molecular weight is 418 g/mol. The number of ether oxygens (including phenoxy) is 2. The van der Waals surface area contributed by atoms with Crippen LogP contribution in [-0.2, 0) is 4.79 Å². The van der Waals surface area contributed by atoms with Gasteiger partial charge in [0.05, 0.1) is 42.5 Å². The van der Waals surface area contributed by atoms with Crippen LogP contribution in [0.4, 0.5) is 5.69 Å². The van der Waals surface area contributed by atoms with Crippen LogP contribution in [-0.4, -0.2) is 24.6 Å². The summed E-state index contributed by atoms with van der Waals surface area (Å²) in [6.45, 7) is 6.53. The Hall–Kier alpha value is -3.53. The maximum atomic E-state index is 12.6. The molecule has 0 radical (unpaired) electrons. The Morgan fingerprint density at radius 3 is 2.74 bits per heavy atom. The van der Waals surface area contributed by atoms with E-state index in [2.05, 4.69) is 23.3 Å². The number of allylic oxidation sites excluding steroid dienone is 1. The number of aromatic nitrogens is 1. The van der Waals surface area contributed by atoms with Crippen molar-refractivity contribution in [2.75, 3.05) is 19.0 Å². The number of amides is 1. The van der Waals surface area contributed by atoms with Crippen molar-refractivity contribution in [2.45, 2.75) is 39.5 Å². The van der Waals surface area contributed by atoms with E-state index < -0.39 is 11.8 Å². The maximum Gasteiger partial charge on any atom is 0.247 e. The normalized spacial score (nSPS) is 18.5. The molecule has 7 heteroatoms. The van der Waals surface area contributed by atoms with Crippen LogP contribution in [0.1, 0.15) is 54.9 Å². The zero-order valence-electron chi connectivity index (χ0n) is 18.2. The summed E-state index contributed by atoms with van der Waals surface area (Å²) in [6.07, 6.45) is 4.02. The Kier molecular flexibility index (Phi) is 5.10. The number of methoxy groups -OCH3 is 1. The first-order valence-corrected chi connectivity index (χ1v) is 10.3. The largest absolute Gasteiger partial charge is 0.496 e. The summed E-state index contributed by atoms with van der Waals surface area (Å²) in [4.78, 5) is 17.2. The van der Waals surface area contributed by atoms with Crippen LogP contribution < -0.4 is 20.5 Å². The van der Waals surface area contributed by atoms with E-state index in [0.29, 0.717) is 35.1 Å². The number of hydrogen-bond acceptors (Lipinski definition) is 6. The predicted octanol–water partition coefficient (Wildman–Crippen LogP) is 3.77. The molecule has 0 spiro atoms.